The molecule has 0 radical (unpaired) electrons. The molecule has 0 spiro atoms. The first kappa shape index (κ1) is 31.7. The number of rotatable bonds is 8. The lowest BCUT2D eigenvalue weighted by molar-refractivity contribution is 0.0747. The van der Waals surface area contributed by atoms with E-state index in [-0.39, 0.29) is 23.2 Å². The summed E-state index contributed by atoms with van der Waals surface area (Å²) in [5.41, 5.74) is 6.98. The maximum absolute atomic E-state index is 12.0. The van der Waals surface area contributed by atoms with E-state index in [1.54, 1.807) is 97.1 Å². The molecule has 1 aromatic heterocycles. The zero-order chi connectivity index (χ0) is 33.2. The fourth-order valence-electron chi connectivity index (χ4n) is 4.08. The first-order valence-corrected chi connectivity index (χ1v) is 13.9. The third-order valence-corrected chi connectivity index (χ3v) is 6.52. The molecule has 13 heteroatoms. The number of amidine groups is 2. The fraction of sp³-hybridized carbons (Fsp3) is 0.0588. The number of hydrogen-bond acceptors (Lipinski definition) is 11. The van der Waals surface area contributed by atoms with Crippen molar-refractivity contribution in [3.05, 3.63) is 120 Å². The molecular formula is C34H28N4O9. The minimum absolute atomic E-state index is 0.150. The second kappa shape index (κ2) is 14.8. The van der Waals surface area contributed by atoms with Crippen LogP contribution in [0.25, 0.3) is 22.6 Å². The van der Waals surface area contributed by atoms with Crippen molar-refractivity contribution in [3.63, 3.8) is 0 Å². The zero-order valence-corrected chi connectivity index (χ0v) is 25.1. The van der Waals surface area contributed by atoms with Gasteiger partial charge in [-0.1, -0.05) is 48.5 Å². The molecule has 0 fully saturated rings. The highest BCUT2D eigenvalue weighted by molar-refractivity contribution is 5.97. The highest BCUT2D eigenvalue weighted by Gasteiger charge is 2.13. The van der Waals surface area contributed by atoms with E-state index in [9.17, 15) is 9.59 Å². The second-order valence-electron chi connectivity index (χ2n) is 9.53. The molecule has 0 aliphatic rings. The summed E-state index contributed by atoms with van der Waals surface area (Å²) in [4.78, 5) is 33.6. The van der Waals surface area contributed by atoms with Crippen molar-refractivity contribution in [3.8, 4) is 45.6 Å². The van der Waals surface area contributed by atoms with E-state index in [0.29, 0.717) is 34.1 Å². The normalized spacial score (nSPS) is 10.3. The number of ether oxygens (including phenoxy) is 4. The Balaban J connectivity index is 1.10. The molecular weight excluding hydrogens is 608 g/mol. The number of benzene rings is 4. The van der Waals surface area contributed by atoms with Gasteiger partial charge in [-0.2, -0.15) is 11.0 Å². The van der Waals surface area contributed by atoms with E-state index in [1.165, 1.54) is 14.2 Å². The predicted molar refractivity (Wildman–Crippen MR) is 170 cm³/mol. The van der Waals surface area contributed by atoms with Crippen molar-refractivity contribution in [2.75, 3.05) is 14.2 Å². The van der Waals surface area contributed by atoms with Gasteiger partial charge in [0.05, 0.1) is 14.2 Å². The van der Waals surface area contributed by atoms with Crippen LogP contribution in [0.4, 0.5) is 9.59 Å². The molecule has 47 heavy (non-hydrogen) atoms. The van der Waals surface area contributed by atoms with Crippen LogP contribution in [0.3, 0.4) is 0 Å². The van der Waals surface area contributed by atoms with Crippen LogP contribution in [-0.2, 0) is 9.68 Å². The molecule has 4 aromatic carbocycles. The fourth-order valence-corrected chi connectivity index (χ4v) is 4.08. The first-order valence-electron chi connectivity index (χ1n) is 13.9. The van der Waals surface area contributed by atoms with Crippen LogP contribution in [0.15, 0.2) is 114 Å². The van der Waals surface area contributed by atoms with Gasteiger partial charge in [0.1, 0.15) is 34.5 Å². The molecule has 5 rings (SSSR count). The van der Waals surface area contributed by atoms with Gasteiger partial charge >= 0.3 is 12.3 Å². The maximum atomic E-state index is 12.0. The smallest absolute Gasteiger partial charge is 0.497 e. The van der Waals surface area contributed by atoms with E-state index < -0.39 is 12.3 Å². The number of furan rings is 1. The molecule has 1 heterocycles. The third kappa shape index (κ3) is 8.45. The molecule has 4 N–H and O–H groups in total. The van der Waals surface area contributed by atoms with Gasteiger partial charge in [0.25, 0.3) is 0 Å². The quantitative estimate of drug-likeness (QED) is 0.0468. The van der Waals surface area contributed by atoms with Crippen molar-refractivity contribution in [2.45, 2.75) is 0 Å². The monoisotopic (exact) mass is 636 g/mol. The van der Waals surface area contributed by atoms with Crippen molar-refractivity contribution in [1.82, 2.24) is 11.0 Å². The topological polar surface area (TPSA) is 174 Å². The number of carbonyl (C=O) groups excluding carboxylic acids is 2. The van der Waals surface area contributed by atoms with Crippen LogP contribution in [0, 0.1) is 10.8 Å². The van der Waals surface area contributed by atoms with Gasteiger partial charge in [-0.3, -0.25) is 10.8 Å². The summed E-state index contributed by atoms with van der Waals surface area (Å²) in [6.45, 7) is 0. The highest BCUT2D eigenvalue weighted by Crippen LogP contribution is 2.29. The molecule has 5 aromatic rings. The average Bonchev–Trinajstić information content (AvgIpc) is 3.61. The Bertz CT molecular complexity index is 1720. The van der Waals surface area contributed by atoms with Gasteiger partial charge in [-0.15, -0.1) is 0 Å². The van der Waals surface area contributed by atoms with Crippen molar-refractivity contribution in [1.29, 1.82) is 10.8 Å². The minimum atomic E-state index is -1.03. The summed E-state index contributed by atoms with van der Waals surface area (Å²) in [7, 11) is 3.06. The number of hydrogen-bond donors (Lipinski definition) is 4. The predicted octanol–water partition coefficient (Wildman–Crippen LogP) is 6.72. The lowest BCUT2D eigenvalue weighted by Gasteiger charge is -2.09. The molecule has 0 saturated heterocycles. The van der Waals surface area contributed by atoms with E-state index in [4.69, 9.17) is 43.9 Å². The van der Waals surface area contributed by atoms with Crippen molar-refractivity contribution in [2.24, 2.45) is 0 Å². The lowest BCUT2D eigenvalue weighted by atomic mass is 10.1. The maximum Gasteiger partial charge on any atom is 0.538 e. The van der Waals surface area contributed by atoms with Crippen molar-refractivity contribution >= 4 is 24.0 Å². The van der Waals surface area contributed by atoms with Crippen LogP contribution in [-0.4, -0.2) is 38.2 Å². The molecule has 0 bridgehead atoms. The summed E-state index contributed by atoms with van der Waals surface area (Å²) in [5.74, 6) is 2.62. The van der Waals surface area contributed by atoms with Crippen LogP contribution < -0.4 is 29.9 Å². The summed E-state index contributed by atoms with van der Waals surface area (Å²) >= 11 is 0. The van der Waals surface area contributed by atoms with E-state index in [1.807, 2.05) is 12.1 Å². The van der Waals surface area contributed by atoms with E-state index in [2.05, 4.69) is 11.0 Å². The van der Waals surface area contributed by atoms with E-state index >= 15 is 0 Å². The Morgan fingerprint density at radius 2 is 0.851 bits per heavy atom. The van der Waals surface area contributed by atoms with E-state index in [0.717, 1.165) is 11.1 Å². The van der Waals surface area contributed by atoms with Crippen LogP contribution in [0.2, 0.25) is 0 Å². The Morgan fingerprint density at radius 1 is 0.511 bits per heavy atom. The number of nitrogens with one attached hydrogen (secondary N) is 4. The lowest BCUT2D eigenvalue weighted by Crippen LogP contribution is -2.28. The number of methoxy groups -OCH3 is 2. The van der Waals surface area contributed by atoms with Gasteiger partial charge in [0.15, 0.2) is 11.7 Å². The van der Waals surface area contributed by atoms with Crippen LogP contribution >= 0.6 is 0 Å². The molecule has 0 amide bonds. The number of hydroxylamine groups is 2. The highest BCUT2D eigenvalue weighted by atomic mass is 16.8. The van der Waals surface area contributed by atoms with Gasteiger partial charge in [-0.05, 0) is 60.7 Å². The Morgan fingerprint density at radius 3 is 1.19 bits per heavy atom. The zero-order valence-electron chi connectivity index (χ0n) is 25.1. The average molecular weight is 637 g/mol. The molecule has 0 atom stereocenters. The van der Waals surface area contributed by atoms with Gasteiger partial charge < -0.3 is 33.0 Å². The van der Waals surface area contributed by atoms with Gasteiger partial charge in [0.2, 0.25) is 0 Å². The summed E-state index contributed by atoms with van der Waals surface area (Å²) in [5, 5.41) is 16.3. The molecule has 238 valence electrons. The second-order valence-corrected chi connectivity index (χ2v) is 9.53. The molecule has 0 aliphatic carbocycles. The van der Waals surface area contributed by atoms with Gasteiger partial charge in [0, 0.05) is 22.3 Å². The molecule has 0 saturated carbocycles. The van der Waals surface area contributed by atoms with Gasteiger partial charge in [-0.25, -0.2) is 9.59 Å². The van der Waals surface area contributed by atoms with Crippen LogP contribution in [0.1, 0.15) is 11.1 Å². The van der Waals surface area contributed by atoms with Crippen molar-refractivity contribution < 1.29 is 42.6 Å². The molecule has 0 aliphatic heterocycles. The number of carbonyl (C=O) groups is 2. The molecule has 13 nitrogen and oxygen atoms in total. The largest absolute Gasteiger partial charge is 0.538 e. The minimum Gasteiger partial charge on any atom is -0.497 e. The standard InChI is InChI=1S/C34H28N4O9/c1-41-25-11-15-27(16-12-25)43-33(39)46-37-31(35)23-7-3-21(4-8-23)29-19-20-30(45-29)22-5-9-24(10-6-22)32(36)38-47-34(40)44-28-17-13-26(42-2)14-18-28/h3-20H,1-2H3,(H2,35,37)(H2,36,38). The summed E-state index contributed by atoms with van der Waals surface area (Å²) in [6, 6.07) is 30.1. The third-order valence-electron chi connectivity index (χ3n) is 6.52. The molecule has 0 unspecified atom stereocenters. The summed E-state index contributed by atoms with van der Waals surface area (Å²) in [6.07, 6.45) is -2.06. The Hall–Kier alpha value is -6.76. The Kier molecular flexibility index (Phi) is 9.98. The SMILES string of the molecule is COc1ccc(OC(=O)ONC(=N)c2ccc(-c3ccc(-c4ccc(C(=N)NOC(=O)Oc5ccc(OC)cc5)cc4)o3)cc2)cc1. The first-order chi connectivity index (χ1) is 22.8. The summed E-state index contributed by atoms with van der Waals surface area (Å²) < 4.78 is 26.2. The van der Waals surface area contributed by atoms with Crippen LogP contribution in [0.5, 0.6) is 23.0 Å². The Labute approximate surface area is 268 Å².